The van der Waals surface area contributed by atoms with E-state index < -0.39 is 0 Å². The molecular weight excluding hydrogens is 334 g/mol. The molecule has 0 aliphatic heterocycles. The van der Waals surface area contributed by atoms with E-state index in [0.29, 0.717) is 18.7 Å². The van der Waals surface area contributed by atoms with E-state index in [1.807, 2.05) is 44.2 Å². The maximum atomic E-state index is 13.1. The van der Waals surface area contributed by atoms with Crippen molar-refractivity contribution in [3.63, 3.8) is 0 Å². The van der Waals surface area contributed by atoms with Crippen LogP contribution in [-0.2, 0) is 13.6 Å². The Morgan fingerprint density at radius 3 is 2.72 bits per heavy atom. The Kier molecular flexibility index (Phi) is 5.15. The normalized spacial score (nSPS) is 11.4. The molecule has 0 aliphatic rings. The van der Waals surface area contributed by atoms with Crippen molar-refractivity contribution >= 4 is 28.3 Å². The number of carbonyl (C=O) groups is 1. The van der Waals surface area contributed by atoms with Crippen LogP contribution in [0.5, 0.6) is 0 Å². The van der Waals surface area contributed by atoms with Gasteiger partial charge in [0.1, 0.15) is 5.52 Å². The van der Waals surface area contributed by atoms with Gasteiger partial charge in [-0.3, -0.25) is 4.79 Å². The summed E-state index contributed by atoms with van der Waals surface area (Å²) in [6.45, 7) is 4.23. The smallest absolute Gasteiger partial charge is 0.254 e. The average molecular weight is 357 g/mol. The van der Waals surface area contributed by atoms with Crippen molar-refractivity contribution in [3.8, 4) is 0 Å². The number of nitrogens with zero attached hydrogens (tertiary/aromatic N) is 5. The fourth-order valence-corrected chi connectivity index (χ4v) is 3.59. The number of carbonyl (C=O) groups excluding carboxylic acids is 1. The van der Waals surface area contributed by atoms with Gasteiger partial charge in [0.05, 0.1) is 12.1 Å². The first-order chi connectivity index (χ1) is 12.0. The Bertz CT molecular complexity index is 883. The summed E-state index contributed by atoms with van der Waals surface area (Å²) < 4.78 is 1.71. The van der Waals surface area contributed by atoms with Crippen LogP contribution in [0.15, 0.2) is 29.6 Å². The number of aromatic nitrogens is 3. The van der Waals surface area contributed by atoms with Crippen molar-refractivity contribution in [1.29, 1.82) is 0 Å². The molecule has 3 aromatic rings. The summed E-state index contributed by atoms with van der Waals surface area (Å²) in [4.78, 5) is 18.3. The lowest BCUT2D eigenvalue weighted by Gasteiger charge is -2.24. The molecule has 0 unspecified atom stereocenters. The molecule has 2 aromatic heterocycles. The first kappa shape index (κ1) is 17.6. The van der Waals surface area contributed by atoms with E-state index in [4.69, 9.17) is 0 Å². The quantitative estimate of drug-likeness (QED) is 0.680. The highest BCUT2D eigenvalue weighted by Gasteiger charge is 2.19. The van der Waals surface area contributed by atoms with Crippen molar-refractivity contribution in [2.75, 3.05) is 27.2 Å². The van der Waals surface area contributed by atoms with E-state index >= 15 is 0 Å². The van der Waals surface area contributed by atoms with Crippen LogP contribution in [0.1, 0.15) is 20.8 Å². The van der Waals surface area contributed by atoms with Gasteiger partial charge in [0.2, 0.25) is 0 Å². The first-order valence-electron chi connectivity index (χ1n) is 8.22. The second kappa shape index (κ2) is 7.33. The summed E-state index contributed by atoms with van der Waals surface area (Å²) in [6, 6.07) is 7.69. The highest BCUT2D eigenvalue weighted by atomic mass is 32.1. The molecule has 0 atom stereocenters. The molecule has 0 bridgehead atoms. The van der Waals surface area contributed by atoms with Crippen LogP contribution >= 0.6 is 11.3 Å². The number of hydrogen-bond acceptors (Lipinski definition) is 5. The molecule has 6 nitrogen and oxygen atoms in total. The topological polar surface area (TPSA) is 54.3 Å². The zero-order valence-electron chi connectivity index (χ0n) is 15.1. The summed E-state index contributed by atoms with van der Waals surface area (Å²) in [5.74, 6) is 0.0298. The molecular formula is C18H23N5OS. The van der Waals surface area contributed by atoms with Gasteiger partial charge in [0.25, 0.3) is 5.91 Å². The lowest BCUT2D eigenvalue weighted by molar-refractivity contribution is 0.0733. The number of rotatable bonds is 6. The van der Waals surface area contributed by atoms with Gasteiger partial charge in [-0.15, -0.1) is 16.4 Å². The summed E-state index contributed by atoms with van der Waals surface area (Å²) >= 11 is 1.70. The van der Waals surface area contributed by atoms with E-state index in [2.05, 4.69) is 33.6 Å². The minimum absolute atomic E-state index is 0.0298. The minimum Gasteiger partial charge on any atom is -0.332 e. The number of thiophene rings is 1. The third-order valence-electron chi connectivity index (χ3n) is 4.26. The van der Waals surface area contributed by atoms with Crippen molar-refractivity contribution in [1.82, 2.24) is 24.8 Å². The van der Waals surface area contributed by atoms with E-state index in [1.165, 1.54) is 10.4 Å². The molecule has 0 saturated carbocycles. The molecule has 0 aliphatic carbocycles. The van der Waals surface area contributed by atoms with Gasteiger partial charge < -0.3 is 9.80 Å². The minimum atomic E-state index is 0.0298. The zero-order valence-corrected chi connectivity index (χ0v) is 15.9. The Labute approximate surface area is 151 Å². The molecule has 132 valence electrons. The van der Waals surface area contributed by atoms with Gasteiger partial charge in [-0.1, -0.05) is 5.21 Å². The maximum Gasteiger partial charge on any atom is 0.254 e. The maximum absolute atomic E-state index is 13.1. The van der Waals surface area contributed by atoms with Gasteiger partial charge in [0.15, 0.2) is 0 Å². The van der Waals surface area contributed by atoms with Crippen LogP contribution in [-0.4, -0.2) is 57.9 Å². The highest BCUT2D eigenvalue weighted by molar-refractivity contribution is 7.10. The lowest BCUT2D eigenvalue weighted by atomic mass is 10.1. The third-order valence-corrected chi connectivity index (χ3v) is 5.27. The largest absolute Gasteiger partial charge is 0.332 e. The summed E-state index contributed by atoms with van der Waals surface area (Å²) in [7, 11) is 5.88. The zero-order chi connectivity index (χ0) is 18.0. The van der Waals surface area contributed by atoms with Crippen LogP contribution in [0.4, 0.5) is 0 Å². The molecule has 3 rings (SSSR count). The third kappa shape index (κ3) is 3.88. The van der Waals surface area contributed by atoms with Crippen LogP contribution in [0.2, 0.25) is 0 Å². The van der Waals surface area contributed by atoms with Crippen LogP contribution in [0.25, 0.3) is 11.0 Å². The standard InChI is InChI=1S/C18H23N5OS/c1-13-7-10-25-17(13)12-23(9-8-21(2)3)18(24)14-5-6-16-15(11-14)19-20-22(16)4/h5-7,10-11H,8-9,12H2,1-4H3. The van der Waals surface area contributed by atoms with Crippen LogP contribution in [0, 0.1) is 6.92 Å². The number of fused-ring (bicyclic) bond motifs is 1. The molecule has 0 N–H and O–H groups in total. The van der Waals surface area contributed by atoms with E-state index in [9.17, 15) is 4.79 Å². The summed E-state index contributed by atoms with van der Waals surface area (Å²) in [5.41, 5.74) is 3.55. The summed E-state index contributed by atoms with van der Waals surface area (Å²) in [6.07, 6.45) is 0. The van der Waals surface area contributed by atoms with Gasteiger partial charge in [-0.2, -0.15) is 0 Å². The molecule has 0 spiro atoms. The monoisotopic (exact) mass is 357 g/mol. The van der Waals surface area contributed by atoms with E-state index in [0.717, 1.165) is 17.6 Å². The number of hydrogen-bond donors (Lipinski definition) is 0. The Hall–Kier alpha value is -2.25. The summed E-state index contributed by atoms with van der Waals surface area (Å²) in [5, 5.41) is 10.2. The van der Waals surface area contributed by atoms with Crippen LogP contribution in [0.3, 0.4) is 0 Å². The molecule has 0 saturated heterocycles. The van der Waals surface area contributed by atoms with Crippen molar-refractivity contribution < 1.29 is 4.79 Å². The van der Waals surface area contributed by atoms with Crippen molar-refractivity contribution in [2.24, 2.45) is 7.05 Å². The Balaban J connectivity index is 1.86. The fourth-order valence-electron chi connectivity index (χ4n) is 2.67. The molecule has 1 aromatic carbocycles. The number of likely N-dealkylation sites (N-methyl/N-ethyl adjacent to an activating group) is 1. The SMILES string of the molecule is Cc1ccsc1CN(CCN(C)C)C(=O)c1ccc2c(c1)nnn2C. The molecule has 25 heavy (non-hydrogen) atoms. The molecule has 7 heteroatoms. The Morgan fingerprint density at radius 2 is 2.04 bits per heavy atom. The molecule has 0 radical (unpaired) electrons. The number of benzene rings is 1. The average Bonchev–Trinajstić information content (AvgIpc) is 3.16. The predicted molar refractivity (Wildman–Crippen MR) is 101 cm³/mol. The Morgan fingerprint density at radius 1 is 1.24 bits per heavy atom. The van der Waals surface area contributed by atoms with E-state index in [1.54, 1.807) is 16.0 Å². The predicted octanol–water partition coefficient (Wildman–Crippen LogP) is 2.54. The number of amides is 1. The molecule has 2 heterocycles. The second-order valence-electron chi connectivity index (χ2n) is 6.47. The fraction of sp³-hybridized carbons (Fsp3) is 0.389. The number of aryl methyl sites for hydroxylation is 2. The van der Waals surface area contributed by atoms with E-state index in [-0.39, 0.29) is 5.91 Å². The van der Waals surface area contributed by atoms with Gasteiger partial charge in [-0.25, -0.2) is 4.68 Å². The van der Waals surface area contributed by atoms with Gasteiger partial charge >= 0.3 is 0 Å². The van der Waals surface area contributed by atoms with Gasteiger partial charge in [0, 0.05) is 30.6 Å². The molecule has 1 amide bonds. The van der Waals surface area contributed by atoms with Crippen molar-refractivity contribution in [3.05, 3.63) is 45.6 Å². The lowest BCUT2D eigenvalue weighted by Crippen LogP contribution is -2.36. The second-order valence-corrected chi connectivity index (χ2v) is 7.47. The van der Waals surface area contributed by atoms with Gasteiger partial charge in [-0.05, 0) is 56.2 Å². The van der Waals surface area contributed by atoms with Crippen LogP contribution < -0.4 is 0 Å². The molecule has 0 fully saturated rings. The first-order valence-corrected chi connectivity index (χ1v) is 9.10. The highest BCUT2D eigenvalue weighted by Crippen LogP contribution is 2.20. The van der Waals surface area contributed by atoms with Crippen molar-refractivity contribution in [2.45, 2.75) is 13.5 Å².